The van der Waals surface area contributed by atoms with E-state index in [2.05, 4.69) is 28.2 Å². The zero-order chi connectivity index (χ0) is 22.2. The number of halogens is 9. The van der Waals surface area contributed by atoms with E-state index < -0.39 is 64.5 Å². The van der Waals surface area contributed by atoms with E-state index in [-0.39, 0.29) is 0 Å². The third-order valence-electron chi connectivity index (χ3n) is 2.49. The largest absolute Gasteiger partial charge is 0.652 e. The molecule has 0 bridgehead atoms. The standard InChI is InChI=1S/C12H18BF9O6/c1-4-23-7(14)10(17,18)26-13(27-11(19,20)8(15)24-5-2)28-12(21,22)9(16)25-6-3/h7-9H,4-6H2,1-3H3. The Kier molecular flexibility index (Phi) is 11.1. The second-order valence-electron chi connectivity index (χ2n) is 4.64. The molecule has 0 aromatic heterocycles. The molecule has 0 N–H and O–H groups in total. The molecule has 0 heterocycles. The minimum atomic E-state index is -5.19. The average molecular weight is 440 g/mol. The molecule has 0 saturated heterocycles. The molecule has 0 aromatic rings. The lowest BCUT2D eigenvalue weighted by Crippen LogP contribution is -2.52. The Bertz CT molecular complexity index is 386. The Hall–Kier alpha value is -0.805. The van der Waals surface area contributed by atoms with Crippen LogP contribution in [-0.4, -0.2) is 64.5 Å². The number of rotatable bonds is 15. The summed E-state index contributed by atoms with van der Waals surface area (Å²) in [4.78, 5) is 0. The van der Waals surface area contributed by atoms with Gasteiger partial charge in [0.2, 0.25) is 0 Å². The summed E-state index contributed by atoms with van der Waals surface area (Å²) in [6.07, 6.45) is -26.5. The molecule has 6 nitrogen and oxygen atoms in total. The van der Waals surface area contributed by atoms with E-state index in [4.69, 9.17) is 0 Å². The number of hydrogen-bond acceptors (Lipinski definition) is 6. The van der Waals surface area contributed by atoms with Gasteiger partial charge in [0.15, 0.2) is 0 Å². The molecule has 168 valence electrons. The van der Waals surface area contributed by atoms with E-state index in [1.54, 1.807) is 0 Å². The van der Waals surface area contributed by atoms with Crippen LogP contribution in [0.2, 0.25) is 0 Å². The molecule has 0 amide bonds. The van der Waals surface area contributed by atoms with Gasteiger partial charge in [0.25, 0.3) is 19.1 Å². The summed E-state index contributed by atoms with van der Waals surface area (Å²) in [5.41, 5.74) is 0. The van der Waals surface area contributed by atoms with Crippen molar-refractivity contribution in [1.82, 2.24) is 0 Å². The van der Waals surface area contributed by atoms with Crippen LogP contribution in [0.3, 0.4) is 0 Å². The fourth-order valence-electron chi connectivity index (χ4n) is 1.35. The third kappa shape index (κ3) is 8.69. The van der Waals surface area contributed by atoms with Crippen LogP contribution >= 0.6 is 0 Å². The van der Waals surface area contributed by atoms with Crippen LogP contribution in [0.5, 0.6) is 0 Å². The first-order valence-corrected chi connectivity index (χ1v) is 7.67. The van der Waals surface area contributed by atoms with Crippen molar-refractivity contribution in [2.45, 2.75) is 58.2 Å². The number of hydrogen-bond donors (Lipinski definition) is 0. The van der Waals surface area contributed by atoms with Gasteiger partial charge in [-0.15, -0.1) is 0 Å². The van der Waals surface area contributed by atoms with Gasteiger partial charge in [-0.05, 0) is 20.8 Å². The Morgan fingerprint density at radius 3 is 0.964 bits per heavy atom. The lowest BCUT2D eigenvalue weighted by atomic mass is 10.2. The maximum atomic E-state index is 13.5. The Balaban J connectivity index is 5.53. The first kappa shape index (κ1) is 27.2. The molecule has 0 aromatic carbocycles. The highest BCUT2D eigenvalue weighted by Gasteiger charge is 2.58. The lowest BCUT2D eigenvalue weighted by Gasteiger charge is -2.29. The van der Waals surface area contributed by atoms with Crippen LogP contribution in [0.25, 0.3) is 0 Å². The predicted octanol–water partition coefficient (Wildman–Crippen LogP) is 3.80. The molecule has 0 aliphatic rings. The average Bonchev–Trinajstić information content (AvgIpc) is 2.54. The molecular weight excluding hydrogens is 422 g/mol. The van der Waals surface area contributed by atoms with Crippen LogP contribution in [0.1, 0.15) is 20.8 Å². The Labute approximate surface area is 154 Å². The predicted molar refractivity (Wildman–Crippen MR) is 73.4 cm³/mol. The van der Waals surface area contributed by atoms with Crippen molar-refractivity contribution in [2.75, 3.05) is 19.8 Å². The monoisotopic (exact) mass is 440 g/mol. The number of ether oxygens (including phenoxy) is 3. The number of alkyl halides is 9. The van der Waals surface area contributed by atoms with Crippen molar-refractivity contribution in [1.29, 1.82) is 0 Å². The van der Waals surface area contributed by atoms with Gasteiger partial charge in [0.1, 0.15) is 0 Å². The zero-order valence-electron chi connectivity index (χ0n) is 14.8. The van der Waals surface area contributed by atoms with Crippen LogP contribution in [0.4, 0.5) is 39.5 Å². The van der Waals surface area contributed by atoms with Crippen molar-refractivity contribution in [3.8, 4) is 0 Å². The van der Waals surface area contributed by atoms with E-state index in [1.807, 2.05) is 0 Å². The molecule has 0 saturated carbocycles. The van der Waals surface area contributed by atoms with Crippen molar-refractivity contribution >= 4 is 7.32 Å². The quantitative estimate of drug-likeness (QED) is 0.286. The molecule has 28 heavy (non-hydrogen) atoms. The van der Waals surface area contributed by atoms with Gasteiger partial charge in [0.05, 0.1) is 0 Å². The van der Waals surface area contributed by atoms with E-state index in [1.165, 1.54) is 0 Å². The maximum Gasteiger partial charge on any atom is 0.652 e. The molecule has 0 aliphatic carbocycles. The molecular formula is C12H18BF9O6. The second-order valence-corrected chi connectivity index (χ2v) is 4.64. The van der Waals surface area contributed by atoms with Crippen LogP contribution in [0, 0.1) is 0 Å². The molecule has 0 rings (SSSR count). The summed E-state index contributed by atoms with van der Waals surface area (Å²) in [5, 5.41) is 0. The van der Waals surface area contributed by atoms with Crippen molar-refractivity contribution in [3.05, 3.63) is 0 Å². The minimum Gasteiger partial charge on any atom is -0.342 e. The topological polar surface area (TPSA) is 55.4 Å². The third-order valence-corrected chi connectivity index (χ3v) is 2.49. The smallest absolute Gasteiger partial charge is 0.342 e. The summed E-state index contributed by atoms with van der Waals surface area (Å²) >= 11 is 0. The van der Waals surface area contributed by atoms with Crippen LogP contribution < -0.4 is 0 Å². The Morgan fingerprint density at radius 2 is 0.786 bits per heavy atom. The molecule has 0 fully saturated rings. The van der Waals surface area contributed by atoms with Crippen LogP contribution in [-0.2, 0) is 28.2 Å². The summed E-state index contributed by atoms with van der Waals surface area (Å²) in [6.45, 7) is 1.19. The molecule has 3 atom stereocenters. The molecule has 16 heteroatoms. The van der Waals surface area contributed by atoms with E-state index in [0.717, 1.165) is 20.8 Å². The fraction of sp³-hybridized carbons (Fsp3) is 1.00. The molecule has 0 aliphatic heterocycles. The van der Waals surface area contributed by atoms with E-state index >= 15 is 0 Å². The van der Waals surface area contributed by atoms with Gasteiger partial charge >= 0.3 is 25.6 Å². The van der Waals surface area contributed by atoms with Gasteiger partial charge in [-0.1, -0.05) is 0 Å². The van der Waals surface area contributed by atoms with Crippen molar-refractivity contribution in [3.63, 3.8) is 0 Å². The Morgan fingerprint density at radius 1 is 0.571 bits per heavy atom. The summed E-state index contributed by atoms with van der Waals surface area (Å²) in [6, 6.07) is 0. The van der Waals surface area contributed by atoms with Gasteiger partial charge < -0.3 is 28.2 Å². The van der Waals surface area contributed by atoms with E-state index in [0.29, 0.717) is 0 Å². The van der Waals surface area contributed by atoms with Crippen molar-refractivity contribution in [2.24, 2.45) is 0 Å². The molecule has 0 spiro atoms. The van der Waals surface area contributed by atoms with Gasteiger partial charge in [-0.3, -0.25) is 0 Å². The summed E-state index contributed by atoms with van der Waals surface area (Å²) < 4.78 is 142. The maximum absolute atomic E-state index is 13.5. The first-order chi connectivity index (χ1) is 12.7. The van der Waals surface area contributed by atoms with E-state index in [9.17, 15) is 39.5 Å². The van der Waals surface area contributed by atoms with Crippen molar-refractivity contribution < 1.29 is 67.7 Å². The highest BCUT2D eigenvalue weighted by molar-refractivity contribution is 6.36. The molecule has 3 unspecified atom stereocenters. The molecule has 0 radical (unpaired) electrons. The summed E-state index contributed by atoms with van der Waals surface area (Å²) in [7, 11) is -3.88. The minimum absolute atomic E-state index is 0.660. The highest BCUT2D eigenvalue weighted by Crippen LogP contribution is 2.33. The van der Waals surface area contributed by atoms with Gasteiger partial charge in [-0.25, -0.2) is 13.2 Å². The highest BCUT2D eigenvalue weighted by atomic mass is 19.3. The second kappa shape index (κ2) is 11.4. The normalized spacial score (nSPS) is 16.7. The van der Waals surface area contributed by atoms with Gasteiger partial charge in [-0.2, -0.15) is 26.3 Å². The lowest BCUT2D eigenvalue weighted by molar-refractivity contribution is -0.356. The van der Waals surface area contributed by atoms with Gasteiger partial charge in [0, 0.05) is 19.8 Å². The first-order valence-electron chi connectivity index (χ1n) is 7.67. The van der Waals surface area contributed by atoms with Crippen LogP contribution in [0.15, 0.2) is 0 Å². The zero-order valence-corrected chi connectivity index (χ0v) is 14.8. The summed E-state index contributed by atoms with van der Waals surface area (Å²) in [5.74, 6) is 0. The fourth-order valence-corrected chi connectivity index (χ4v) is 1.35. The SMILES string of the molecule is CCOC(F)C(F)(F)OB(OC(F)(F)C(F)OCC)OC(F)(F)C(F)OCC.